The summed E-state index contributed by atoms with van der Waals surface area (Å²) in [6.07, 6.45) is 1.52. The van der Waals surface area contributed by atoms with Crippen molar-refractivity contribution in [1.29, 1.82) is 5.26 Å². The fourth-order valence-electron chi connectivity index (χ4n) is 1.48. The van der Waals surface area contributed by atoms with Gasteiger partial charge in [-0.3, -0.25) is 0 Å². The third kappa shape index (κ3) is 2.23. The first-order valence-electron chi connectivity index (χ1n) is 5.09. The molecule has 3 nitrogen and oxygen atoms in total. The number of rotatable bonds is 2. The number of aromatic nitrogens is 1. The van der Waals surface area contributed by atoms with Gasteiger partial charge < -0.3 is 5.32 Å². The van der Waals surface area contributed by atoms with Crippen molar-refractivity contribution in [2.45, 2.75) is 6.92 Å². The van der Waals surface area contributed by atoms with Gasteiger partial charge in [0.15, 0.2) is 5.69 Å². The maximum absolute atomic E-state index is 13.8. The number of benzene rings is 1. The predicted octanol–water partition coefficient (Wildman–Crippen LogP) is 3.14. The molecule has 1 heterocycles. The molecule has 17 heavy (non-hydrogen) atoms. The molecule has 0 aliphatic carbocycles. The zero-order chi connectivity index (χ0) is 12.3. The molecule has 0 aliphatic rings. The van der Waals surface area contributed by atoms with Gasteiger partial charge in [-0.25, -0.2) is 9.37 Å². The summed E-state index contributed by atoms with van der Waals surface area (Å²) in [5.41, 5.74) is 1.64. The zero-order valence-electron chi connectivity index (χ0n) is 9.24. The molecule has 0 fully saturated rings. The van der Waals surface area contributed by atoms with Gasteiger partial charge in [0.2, 0.25) is 0 Å². The van der Waals surface area contributed by atoms with E-state index in [0.29, 0.717) is 16.9 Å². The molecule has 2 aromatic rings. The Morgan fingerprint density at radius 2 is 2.00 bits per heavy atom. The molecule has 84 valence electrons. The van der Waals surface area contributed by atoms with Crippen molar-refractivity contribution < 1.29 is 4.39 Å². The van der Waals surface area contributed by atoms with E-state index < -0.39 is 0 Å². The van der Waals surface area contributed by atoms with E-state index in [1.807, 2.05) is 6.07 Å². The Kier molecular flexibility index (Phi) is 3.01. The molecule has 0 saturated heterocycles. The van der Waals surface area contributed by atoms with Gasteiger partial charge in [-0.1, -0.05) is 12.1 Å². The van der Waals surface area contributed by atoms with Crippen LogP contribution >= 0.6 is 0 Å². The van der Waals surface area contributed by atoms with Gasteiger partial charge >= 0.3 is 0 Å². The van der Waals surface area contributed by atoms with Gasteiger partial charge in [-0.15, -0.1) is 0 Å². The number of hydrogen-bond acceptors (Lipinski definition) is 3. The fraction of sp³-hybridized carbons (Fsp3) is 0.0769. The largest absolute Gasteiger partial charge is 0.351 e. The summed E-state index contributed by atoms with van der Waals surface area (Å²) >= 11 is 0. The average Bonchev–Trinajstić information content (AvgIpc) is 2.35. The quantitative estimate of drug-likeness (QED) is 0.857. The van der Waals surface area contributed by atoms with Crippen LogP contribution in [0.4, 0.5) is 15.8 Å². The summed E-state index contributed by atoms with van der Waals surface area (Å²) in [6, 6.07) is 10.4. The molecule has 0 amide bonds. The summed E-state index contributed by atoms with van der Waals surface area (Å²) in [7, 11) is 0. The van der Waals surface area contributed by atoms with Crippen LogP contribution in [-0.4, -0.2) is 4.98 Å². The Hall–Kier alpha value is -2.41. The van der Waals surface area contributed by atoms with Gasteiger partial charge in [0.05, 0.1) is 11.4 Å². The van der Waals surface area contributed by atoms with Crippen molar-refractivity contribution in [2.75, 3.05) is 5.32 Å². The van der Waals surface area contributed by atoms with E-state index in [1.54, 1.807) is 37.3 Å². The maximum Gasteiger partial charge on any atom is 0.163 e. The molecule has 1 N–H and O–H groups in total. The maximum atomic E-state index is 13.8. The van der Waals surface area contributed by atoms with E-state index in [1.165, 1.54) is 6.20 Å². The van der Waals surface area contributed by atoms with Crippen molar-refractivity contribution >= 4 is 11.4 Å². The molecule has 0 bridgehead atoms. The van der Waals surface area contributed by atoms with Gasteiger partial charge in [0.1, 0.15) is 11.9 Å². The Morgan fingerprint density at radius 3 is 2.76 bits per heavy atom. The number of nitriles is 1. The number of nitrogens with zero attached hydrogens (tertiary/aromatic N) is 2. The van der Waals surface area contributed by atoms with Crippen molar-refractivity contribution in [3.05, 3.63) is 53.6 Å². The molecule has 1 aromatic heterocycles. The Balaban J connectivity index is 2.39. The Labute approximate surface area is 98.5 Å². The van der Waals surface area contributed by atoms with Crippen molar-refractivity contribution in [3.63, 3.8) is 0 Å². The molecule has 0 unspecified atom stereocenters. The number of anilines is 2. The molecule has 0 radical (unpaired) electrons. The first-order valence-corrected chi connectivity index (χ1v) is 5.09. The van der Waals surface area contributed by atoms with Crippen LogP contribution in [-0.2, 0) is 0 Å². The third-order valence-electron chi connectivity index (χ3n) is 2.37. The second-order valence-electron chi connectivity index (χ2n) is 3.57. The van der Waals surface area contributed by atoms with Crippen molar-refractivity contribution in [2.24, 2.45) is 0 Å². The smallest absolute Gasteiger partial charge is 0.163 e. The Morgan fingerprint density at radius 1 is 1.24 bits per heavy atom. The molecular formula is C13H10FN3. The predicted molar refractivity (Wildman–Crippen MR) is 63.4 cm³/mol. The topological polar surface area (TPSA) is 48.7 Å². The summed E-state index contributed by atoms with van der Waals surface area (Å²) < 4.78 is 13.8. The zero-order valence-corrected chi connectivity index (χ0v) is 9.24. The Bertz CT molecular complexity index is 587. The summed E-state index contributed by atoms with van der Waals surface area (Å²) in [4.78, 5) is 3.90. The lowest BCUT2D eigenvalue weighted by Gasteiger charge is -2.09. The lowest BCUT2D eigenvalue weighted by molar-refractivity contribution is 0.622. The minimum atomic E-state index is -0.319. The monoisotopic (exact) mass is 227 g/mol. The number of hydrogen-bond donors (Lipinski definition) is 1. The van der Waals surface area contributed by atoms with Crippen LogP contribution in [0.3, 0.4) is 0 Å². The van der Waals surface area contributed by atoms with E-state index in [2.05, 4.69) is 10.3 Å². The second-order valence-corrected chi connectivity index (χ2v) is 3.57. The van der Waals surface area contributed by atoms with Crippen LogP contribution in [0.2, 0.25) is 0 Å². The minimum Gasteiger partial charge on any atom is -0.351 e. The summed E-state index contributed by atoms with van der Waals surface area (Å²) in [5.74, 6) is -0.319. The van der Waals surface area contributed by atoms with Crippen LogP contribution in [0.1, 0.15) is 11.3 Å². The molecule has 4 heteroatoms. The molecule has 0 aliphatic heterocycles. The van der Waals surface area contributed by atoms with Crippen molar-refractivity contribution in [3.8, 4) is 6.07 Å². The van der Waals surface area contributed by atoms with Crippen LogP contribution in [0.25, 0.3) is 0 Å². The van der Waals surface area contributed by atoms with Crippen LogP contribution in [0.15, 0.2) is 36.5 Å². The molecule has 0 atom stereocenters. The average molecular weight is 227 g/mol. The molecule has 0 spiro atoms. The van der Waals surface area contributed by atoms with E-state index in [4.69, 9.17) is 5.26 Å². The minimum absolute atomic E-state index is 0.244. The van der Waals surface area contributed by atoms with Gasteiger partial charge in [0, 0.05) is 6.20 Å². The number of halogens is 1. The SMILES string of the molecule is Cc1cccc(Nc2cccnc2C#N)c1F. The van der Waals surface area contributed by atoms with Crippen LogP contribution in [0.5, 0.6) is 0 Å². The van der Waals surface area contributed by atoms with Crippen molar-refractivity contribution in [1.82, 2.24) is 4.98 Å². The molecule has 2 rings (SSSR count). The van der Waals surface area contributed by atoms with E-state index in [0.717, 1.165) is 0 Å². The van der Waals surface area contributed by atoms with Gasteiger partial charge in [0.25, 0.3) is 0 Å². The fourth-order valence-corrected chi connectivity index (χ4v) is 1.48. The van der Waals surface area contributed by atoms with E-state index in [9.17, 15) is 4.39 Å². The molecule has 1 aromatic carbocycles. The molecular weight excluding hydrogens is 217 g/mol. The lowest BCUT2D eigenvalue weighted by Crippen LogP contribution is -1.98. The van der Waals surface area contributed by atoms with Crippen LogP contribution < -0.4 is 5.32 Å². The highest BCUT2D eigenvalue weighted by Crippen LogP contribution is 2.23. The normalized spacial score (nSPS) is 9.71. The number of nitrogens with one attached hydrogen (secondary N) is 1. The first-order chi connectivity index (χ1) is 8.22. The first kappa shape index (κ1) is 11.1. The lowest BCUT2D eigenvalue weighted by atomic mass is 10.2. The highest BCUT2D eigenvalue weighted by molar-refractivity contribution is 5.65. The molecule has 0 saturated carbocycles. The van der Waals surface area contributed by atoms with Gasteiger partial charge in [-0.2, -0.15) is 5.26 Å². The highest BCUT2D eigenvalue weighted by atomic mass is 19.1. The van der Waals surface area contributed by atoms with E-state index in [-0.39, 0.29) is 11.5 Å². The number of aryl methyl sites for hydroxylation is 1. The highest BCUT2D eigenvalue weighted by Gasteiger charge is 2.07. The van der Waals surface area contributed by atoms with Gasteiger partial charge in [-0.05, 0) is 30.7 Å². The third-order valence-corrected chi connectivity index (χ3v) is 2.37. The standard InChI is InChI=1S/C13H10FN3/c1-9-4-2-5-11(13(9)14)17-10-6-3-7-16-12(10)8-15/h2-7,17H,1H3. The second kappa shape index (κ2) is 4.62. The number of pyridine rings is 1. The van der Waals surface area contributed by atoms with E-state index >= 15 is 0 Å². The van der Waals surface area contributed by atoms with Crippen LogP contribution in [0, 0.1) is 24.1 Å². The summed E-state index contributed by atoms with van der Waals surface area (Å²) in [6.45, 7) is 1.69. The summed E-state index contributed by atoms with van der Waals surface area (Å²) in [5, 5.41) is 11.7.